The molecule has 0 radical (unpaired) electrons. The Kier molecular flexibility index (Phi) is 3.35. The number of pyridine rings is 1. The van der Waals surface area contributed by atoms with Gasteiger partial charge in [0.1, 0.15) is 17.3 Å². The first kappa shape index (κ1) is 11.8. The first-order chi connectivity index (χ1) is 7.52. The van der Waals surface area contributed by atoms with Crippen molar-refractivity contribution in [2.24, 2.45) is 0 Å². The van der Waals surface area contributed by atoms with Crippen LogP contribution in [0.1, 0.15) is 28.0 Å². The zero-order valence-corrected chi connectivity index (χ0v) is 8.07. The minimum Gasteiger partial charge on any atom is -0.505 e. The van der Waals surface area contributed by atoms with E-state index in [0.717, 1.165) is 13.3 Å². The van der Waals surface area contributed by atoms with Crippen molar-refractivity contribution < 1.29 is 23.4 Å². The lowest BCUT2D eigenvalue weighted by Crippen LogP contribution is -2.07. The number of methoxy groups -OCH3 is 1. The monoisotopic (exact) mass is 228 g/mol. The number of aromatic nitrogens is 1. The summed E-state index contributed by atoms with van der Waals surface area (Å²) < 4.78 is 28.9. The van der Waals surface area contributed by atoms with E-state index in [1.54, 1.807) is 0 Å². The molecule has 0 amide bonds. The number of ether oxygens (including phenoxy) is 1. The van der Waals surface area contributed by atoms with E-state index in [1.165, 1.54) is 6.07 Å². The van der Waals surface area contributed by atoms with Crippen LogP contribution in [-0.4, -0.2) is 23.2 Å². The highest BCUT2D eigenvalue weighted by atomic mass is 19.3. The second kappa shape index (κ2) is 4.53. The van der Waals surface area contributed by atoms with Gasteiger partial charge in [-0.1, -0.05) is 0 Å². The highest BCUT2D eigenvalue weighted by Crippen LogP contribution is 2.30. The van der Waals surface area contributed by atoms with Crippen molar-refractivity contribution in [3.8, 4) is 11.8 Å². The Balaban J connectivity index is 3.42. The summed E-state index contributed by atoms with van der Waals surface area (Å²) in [6, 6.07) is 1.45. The van der Waals surface area contributed by atoms with Crippen molar-refractivity contribution in [1.82, 2.24) is 4.98 Å². The van der Waals surface area contributed by atoms with E-state index < -0.39 is 29.4 Å². The lowest BCUT2D eigenvalue weighted by Gasteiger charge is -2.07. The maximum Gasteiger partial charge on any atom is 0.340 e. The molecule has 0 fully saturated rings. The van der Waals surface area contributed by atoms with E-state index in [1.807, 2.05) is 0 Å². The number of carbonyl (C=O) groups excluding carboxylic acids is 1. The van der Waals surface area contributed by atoms with E-state index in [4.69, 9.17) is 5.26 Å². The first-order valence-electron chi connectivity index (χ1n) is 4.01. The fourth-order valence-corrected chi connectivity index (χ4v) is 1.05. The number of nitriles is 1. The standard InChI is InChI=1S/C9H6F2N2O3/c1-16-9(15)5-3-13-6(8(10)11)7(14)4(5)2-12/h3,8,14H,1H3. The van der Waals surface area contributed by atoms with E-state index in [-0.39, 0.29) is 5.56 Å². The normalized spacial score (nSPS) is 9.94. The molecule has 1 aromatic rings. The van der Waals surface area contributed by atoms with Crippen LogP contribution < -0.4 is 0 Å². The van der Waals surface area contributed by atoms with Crippen LogP contribution in [0.2, 0.25) is 0 Å². The van der Waals surface area contributed by atoms with Crippen LogP contribution >= 0.6 is 0 Å². The number of rotatable bonds is 2. The highest BCUT2D eigenvalue weighted by Gasteiger charge is 2.23. The zero-order valence-electron chi connectivity index (χ0n) is 8.07. The second-order valence-corrected chi connectivity index (χ2v) is 2.68. The van der Waals surface area contributed by atoms with E-state index >= 15 is 0 Å². The van der Waals surface area contributed by atoms with Crippen LogP contribution in [0.15, 0.2) is 6.20 Å². The summed E-state index contributed by atoms with van der Waals surface area (Å²) in [6.07, 6.45) is -2.26. The maximum absolute atomic E-state index is 12.3. The number of nitrogens with zero attached hydrogens (tertiary/aromatic N) is 2. The average molecular weight is 228 g/mol. The van der Waals surface area contributed by atoms with Gasteiger partial charge < -0.3 is 9.84 Å². The topological polar surface area (TPSA) is 83.2 Å². The molecule has 1 rings (SSSR count). The Morgan fingerprint density at radius 2 is 2.31 bits per heavy atom. The molecule has 1 heterocycles. The van der Waals surface area contributed by atoms with Gasteiger partial charge >= 0.3 is 5.97 Å². The molecule has 1 N–H and O–H groups in total. The van der Waals surface area contributed by atoms with Crippen molar-refractivity contribution in [1.29, 1.82) is 5.26 Å². The Bertz CT molecular complexity index is 469. The van der Waals surface area contributed by atoms with E-state index in [0.29, 0.717) is 0 Å². The van der Waals surface area contributed by atoms with Gasteiger partial charge in [-0.3, -0.25) is 4.98 Å². The number of hydrogen-bond donors (Lipinski definition) is 1. The fourth-order valence-electron chi connectivity index (χ4n) is 1.05. The third-order valence-electron chi connectivity index (χ3n) is 1.81. The third-order valence-corrected chi connectivity index (χ3v) is 1.81. The van der Waals surface area contributed by atoms with Crippen LogP contribution in [-0.2, 0) is 4.74 Å². The Morgan fingerprint density at radius 3 is 2.75 bits per heavy atom. The molecule has 0 aromatic carbocycles. The van der Waals surface area contributed by atoms with Crippen molar-refractivity contribution in [3.05, 3.63) is 23.0 Å². The molecule has 5 nitrogen and oxygen atoms in total. The summed E-state index contributed by atoms with van der Waals surface area (Å²) in [7, 11) is 1.06. The van der Waals surface area contributed by atoms with Gasteiger partial charge in [0.05, 0.1) is 12.7 Å². The lowest BCUT2D eigenvalue weighted by molar-refractivity contribution is 0.0598. The van der Waals surface area contributed by atoms with Crippen LogP contribution in [0.3, 0.4) is 0 Å². The zero-order chi connectivity index (χ0) is 12.3. The Morgan fingerprint density at radius 1 is 1.69 bits per heavy atom. The van der Waals surface area contributed by atoms with Gasteiger partial charge in [-0.2, -0.15) is 5.26 Å². The smallest absolute Gasteiger partial charge is 0.340 e. The van der Waals surface area contributed by atoms with Crippen LogP contribution in [0.25, 0.3) is 0 Å². The van der Waals surface area contributed by atoms with Crippen molar-refractivity contribution >= 4 is 5.97 Å². The van der Waals surface area contributed by atoms with Gasteiger partial charge in [0.25, 0.3) is 6.43 Å². The van der Waals surface area contributed by atoms with E-state index in [9.17, 15) is 18.7 Å². The maximum atomic E-state index is 12.3. The van der Waals surface area contributed by atoms with E-state index in [2.05, 4.69) is 9.72 Å². The summed E-state index contributed by atoms with van der Waals surface area (Å²) in [5.41, 5.74) is -1.87. The average Bonchev–Trinajstić information content (AvgIpc) is 2.26. The van der Waals surface area contributed by atoms with Gasteiger partial charge in [0, 0.05) is 6.20 Å². The van der Waals surface area contributed by atoms with Crippen LogP contribution in [0.5, 0.6) is 5.75 Å². The summed E-state index contributed by atoms with van der Waals surface area (Å²) >= 11 is 0. The molecule has 0 aliphatic carbocycles. The molecule has 0 aliphatic rings. The van der Waals surface area contributed by atoms with Gasteiger partial charge in [-0.15, -0.1) is 0 Å². The molecule has 16 heavy (non-hydrogen) atoms. The van der Waals surface area contributed by atoms with Gasteiger partial charge in [-0.05, 0) is 0 Å². The van der Waals surface area contributed by atoms with Crippen molar-refractivity contribution in [3.63, 3.8) is 0 Å². The van der Waals surface area contributed by atoms with Crippen molar-refractivity contribution in [2.75, 3.05) is 7.11 Å². The molecule has 0 aliphatic heterocycles. The van der Waals surface area contributed by atoms with Gasteiger partial charge in [-0.25, -0.2) is 13.6 Å². The SMILES string of the molecule is COC(=O)c1cnc(C(F)F)c(O)c1C#N. The Labute approximate surface area is 88.9 Å². The van der Waals surface area contributed by atoms with Gasteiger partial charge in [0.15, 0.2) is 5.75 Å². The molecule has 0 saturated heterocycles. The molecule has 84 valence electrons. The summed E-state index contributed by atoms with van der Waals surface area (Å²) in [5.74, 6) is -1.93. The predicted molar refractivity (Wildman–Crippen MR) is 46.9 cm³/mol. The van der Waals surface area contributed by atoms with Crippen LogP contribution in [0.4, 0.5) is 8.78 Å². The number of aromatic hydroxyl groups is 1. The molecular weight excluding hydrogens is 222 g/mol. The second-order valence-electron chi connectivity index (χ2n) is 2.68. The third kappa shape index (κ3) is 1.91. The molecule has 0 saturated carbocycles. The number of carbonyl (C=O) groups is 1. The summed E-state index contributed by atoms with van der Waals surface area (Å²) in [4.78, 5) is 14.3. The summed E-state index contributed by atoms with van der Waals surface area (Å²) in [5, 5.41) is 18.0. The number of esters is 1. The van der Waals surface area contributed by atoms with Crippen LogP contribution in [0, 0.1) is 11.3 Å². The number of hydrogen-bond acceptors (Lipinski definition) is 5. The van der Waals surface area contributed by atoms with Gasteiger partial charge in [0.2, 0.25) is 0 Å². The molecule has 0 bridgehead atoms. The molecule has 7 heteroatoms. The minimum atomic E-state index is -3.03. The fraction of sp³-hybridized carbons (Fsp3) is 0.222. The molecule has 0 atom stereocenters. The highest BCUT2D eigenvalue weighted by molar-refractivity contribution is 5.92. The number of alkyl halides is 2. The molecule has 0 unspecified atom stereocenters. The molecule has 1 aromatic heterocycles. The minimum absolute atomic E-state index is 0.355. The number of halogens is 2. The molecular formula is C9H6F2N2O3. The molecule has 0 spiro atoms. The lowest BCUT2D eigenvalue weighted by atomic mass is 10.1. The Hall–Kier alpha value is -2.23. The predicted octanol–water partition coefficient (Wildman–Crippen LogP) is 1.38. The summed E-state index contributed by atoms with van der Waals surface area (Å²) in [6.45, 7) is 0. The largest absolute Gasteiger partial charge is 0.505 e. The first-order valence-corrected chi connectivity index (χ1v) is 4.01. The van der Waals surface area contributed by atoms with Crippen molar-refractivity contribution in [2.45, 2.75) is 6.43 Å². The quantitative estimate of drug-likeness (QED) is 0.773.